The molecule has 0 aliphatic heterocycles. The first-order chi connectivity index (χ1) is 12.0. The third-order valence-electron chi connectivity index (χ3n) is 3.41. The zero-order valence-electron chi connectivity index (χ0n) is 16.0. The van der Waals surface area contributed by atoms with Crippen molar-refractivity contribution in [3.63, 3.8) is 0 Å². The van der Waals surface area contributed by atoms with Gasteiger partial charge in [-0.15, -0.1) is 0 Å². The van der Waals surface area contributed by atoms with Gasteiger partial charge >= 0.3 is 6.09 Å². The van der Waals surface area contributed by atoms with Crippen molar-refractivity contribution in [1.29, 1.82) is 0 Å². The van der Waals surface area contributed by atoms with E-state index in [-0.39, 0.29) is 11.8 Å². The maximum atomic E-state index is 12.4. The van der Waals surface area contributed by atoms with Crippen LogP contribution in [0.25, 0.3) is 0 Å². The fourth-order valence-electron chi connectivity index (χ4n) is 1.94. The highest BCUT2D eigenvalue weighted by molar-refractivity contribution is 5.99. The standard InChI is InChI=1S/C19H27N3O4/c1-7-16(23)20-15-10-8-14(9-11-15)17(24)21(5)12-13-22(6)18(25)26-19(2,3)4/h7-11H,1,12-13H2,2-6H3,(H,20,23). The Morgan fingerprint density at radius 2 is 1.62 bits per heavy atom. The number of amides is 3. The second kappa shape index (κ2) is 9.03. The van der Waals surface area contributed by atoms with Gasteiger partial charge in [0.15, 0.2) is 0 Å². The van der Waals surface area contributed by atoms with Crippen LogP contribution in [0.5, 0.6) is 0 Å². The summed E-state index contributed by atoms with van der Waals surface area (Å²) >= 11 is 0. The van der Waals surface area contributed by atoms with Crippen LogP contribution in [0.2, 0.25) is 0 Å². The number of nitrogens with zero attached hydrogens (tertiary/aromatic N) is 2. The number of carbonyl (C=O) groups excluding carboxylic acids is 3. The van der Waals surface area contributed by atoms with Gasteiger partial charge in [0.2, 0.25) is 5.91 Å². The lowest BCUT2D eigenvalue weighted by molar-refractivity contribution is -0.111. The predicted octanol–water partition coefficient (Wildman–Crippen LogP) is 2.75. The van der Waals surface area contributed by atoms with E-state index < -0.39 is 11.7 Å². The van der Waals surface area contributed by atoms with Gasteiger partial charge in [0.1, 0.15) is 5.60 Å². The normalized spacial score (nSPS) is 10.7. The first-order valence-electron chi connectivity index (χ1n) is 8.26. The van der Waals surface area contributed by atoms with Crippen molar-refractivity contribution in [2.24, 2.45) is 0 Å². The summed E-state index contributed by atoms with van der Waals surface area (Å²) in [6, 6.07) is 6.56. The smallest absolute Gasteiger partial charge is 0.410 e. The van der Waals surface area contributed by atoms with Crippen molar-refractivity contribution in [3.8, 4) is 0 Å². The predicted molar refractivity (Wildman–Crippen MR) is 101 cm³/mol. The van der Waals surface area contributed by atoms with Crippen LogP contribution in [0.1, 0.15) is 31.1 Å². The topological polar surface area (TPSA) is 79.0 Å². The van der Waals surface area contributed by atoms with Crippen LogP contribution in [0.4, 0.5) is 10.5 Å². The summed E-state index contributed by atoms with van der Waals surface area (Å²) in [4.78, 5) is 38.6. The van der Waals surface area contributed by atoms with Crippen molar-refractivity contribution in [3.05, 3.63) is 42.5 Å². The van der Waals surface area contributed by atoms with Crippen molar-refractivity contribution in [2.45, 2.75) is 26.4 Å². The van der Waals surface area contributed by atoms with Gasteiger partial charge in [-0.05, 0) is 51.1 Å². The van der Waals surface area contributed by atoms with Gasteiger partial charge < -0.3 is 19.9 Å². The minimum atomic E-state index is -0.560. The van der Waals surface area contributed by atoms with Gasteiger partial charge in [-0.2, -0.15) is 0 Å². The number of carbonyl (C=O) groups is 3. The average Bonchev–Trinajstić information content (AvgIpc) is 2.57. The summed E-state index contributed by atoms with van der Waals surface area (Å²) in [5.41, 5.74) is 0.512. The van der Waals surface area contributed by atoms with E-state index in [1.165, 1.54) is 15.9 Å². The number of ether oxygens (including phenoxy) is 1. The number of hydrogen-bond donors (Lipinski definition) is 1. The molecule has 3 amide bonds. The number of benzene rings is 1. The molecule has 0 radical (unpaired) electrons. The largest absolute Gasteiger partial charge is 0.444 e. The monoisotopic (exact) mass is 361 g/mol. The van der Waals surface area contributed by atoms with Crippen LogP contribution < -0.4 is 5.32 Å². The maximum Gasteiger partial charge on any atom is 0.410 e. The third kappa shape index (κ3) is 6.96. The molecule has 0 aliphatic carbocycles. The van der Waals surface area contributed by atoms with Gasteiger partial charge in [-0.25, -0.2) is 4.79 Å². The van der Waals surface area contributed by atoms with Crippen molar-refractivity contribution in [2.75, 3.05) is 32.5 Å². The lowest BCUT2D eigenvalue weighted by Crippen LogP contribution is -2.39. The molecule has 0 unspecified atom stereocenters. The first kappa shape index (κ1) is 21.2. The van der Waals surface area contributed by atoms with Crippen LogP contribution in [0.15, 0.2) is 36.9 Å². The summed E-state index contributed by atoms with van der Waals surface area (Å²) in [5.74, 6) is -0.490. The molecule has 26 heavy (non-hydrogen) atoms. The second-order valence-corrected chi connectivity index (χ2v) is 6.90. The number of rotatable bonds is 6. The van der Waals surface area contributed by atoms with Crippen LogP contribution in [-0.2, 0) is 9.53 Å². The molecule has 0 saturated carbocycles. The third-order valence-corrected chi connectivity index (χ3v) is 3.41. The summed E-state index contributed by atoms with van der Waals surface area (Å²) in [6.45, 7) is 9.50. The summed E-state index contributed by atoms with van der Waals surface area (Å²) in [7, 11) is 3.29. The quantitative estimate of drug-likeness (QED) is 0.790. The number of nitrogens with one attached hydrogen (secondary N) is 1. The Hall–Kier alpha value is -2.83. The molecule has 0 bridgehead atoms. The molecule has 0 aliphatic rings. The van der Waals surface area contributed by atoms with E-state index in [2.05, 4.69) is 11.9 Å². The van der Waals surface area contributed by atoms with E-state index in [1.54, 1.807) is 59.1 Å². The van der Waals surface area contributed by atoms with E-state index in [9.17, 15) is 14.4 Å². The van der Waals surface area contributed by atoms with E-state index >= 15 is 0 Å². The molecule has 1 aromatic rings. The fourth-order valence-corrected chi connectivity index (χ4v) is 1.94. The zero-order valence-corrected chi connectivity index (χ0v) is 16.0. The molecule has 0 atom stereocenters. The molecule has 0 aromatic heterocycles. The summed E-state index contributed by atoms with van der Waals surface area (Å²) in [6.07, 6.45) is 0.745. The second-order valence-electron chi connectivity index (χ2n) is 6.90. The van der Waals surface area contributed by atoms with Crippen molar-refractivity contribution < 1.29 is 19.1 Å². The molecule has 1 aromatic carbocycles. The highest BCUT2D eigenvalue weighted by Crippen LogP contribution is 2.12. The molecule has 1 N–H and O–H groups in total. The van der Waals surface area contributed by atoms with E-state index in [0.717, 1.165) is 0 Å². The van der Waals surface area contributed by atoms with Gasteiger partial charge in [0, 0.05) is 38.4 Å². The zero-order chi connectivity index (χ0) is 19.9. The average molecular weight is 361 g/mol. The minimum absolute atomic E-state index is 0.177. The number of likely N-dealkylation sites (N-methyl/N-ethyl adjacent to an activating group) is 2. The van der Waals surface area contributed by atoms with Crippen molar-refractivity contribution in [1.82, 2.24) is 9.80 Å². The van der Waals surface area contributed by atoms with E-state index in [0.29, 0.717) is 24.3 Å². The molecule has 7 nitrogen and oxygen atoms in total. The highest BCUT2D eigenvalue weighted by atomic mass is 16.6. The van der Waals surface area contributed by atoms with Gasteiger partial charge in [-0.1, -0.05) is 6.58 Å². The lowest BCUT2D eigenvalue weighted by atomic mass is 10.2. The minimum Gasteiger partial charge on any atom is -0.444 e. The van der Waals surface area contributed by atoms with Gasteiger partial charge in [0.05, 0.1) is 0 Å². The SMILES string of the molecule is C=CC(=O)Nc1ccc(C(=O)N(C)CCN(C)C(=O)OC(C)(C)C)cc1. The Labute approximate surface area is 154 Å². The van der Waals surface area contributed by atoms with Crippen molar-refractivity contribution >= 4 is 23.6 Å². The molecule has 0 fully saturated rings. The Morgan fingerprint density at radius 3 is 2.12 bits per heavy atom. The lowest BCUT2D eigenvalue weighted by Gasteiger charge is -2.26. The fraction of sp³-hybridized carbons (Fsp3) is 0.421. The van der Waals surface area contributed by atoms with Gasteiger partial charge in [0.25, 0.3) is 5.91 Å². The Morgan fingerprint density at radius 1 is 1.08 bits per heavy atom. The molecule has 0 heterocycles. The molecule has 142 valence electrons. The maximum absolute atomic E-state index is 12.4. The molecule has 7 heteroatoms. The van der Waals surface area contributed by atoms with E-state index in [1.807, 2.05) is 0 Å². The summed E-state index contributed by atoms with van der Waals surface area (Å²) < 4.78 is 5.27. The Kier molecular flexibility index (Phi) is 7.37. The number of hydrogen-bond acceptors (Lipinski definition) is 4. The molecule has 0 saturated heterocycles. The first-order valence-corrected chi connectivity index (χ1v) is 8.26. The Balaban J connectivity index is 2.58. The highest BCUT2D eigenvalue weighted by Gasteiger charge is 2.20. The number of anilines is 1. The van der Waals surface area contributed by atoms with E-state index in [4.69, 9.17) is 4.74 Å². The molecule has 1 rings (SSSR count). The Bertz CT molecular complexity index is 662. The van der Waals surface area contributed by atoms with Crippen LogP contribution in [0, 0.1) is 0 Å². The molecular formula is C19H27N3O4. The molecular weight excluding hydrogens is 334 g/mol. The van der Waals surface area contributed by atoms with Crippen LogP contribution >= 0.6 is 0 Å². The van der Waals surface area contributed by atoms with Crippen LogP contribution in [0.3, 0.4) is 0 Å². The van der Waals surface area contributed by atoms with Gasteiger partial charge in [-0.3, -0.25) is 9.59 Å². The summed E-state index contributed by atoms with van der Waals surface area (Å²) in [5, 5.41) is 2.62. The van der Waals surface area contributed by atoms with Crippen LogP contribution in [-0.4, -0.2) is 60.5 Å². The molecule has 0 spiro atoms.